The van der Waals surface area contributed by atoms with E-state index in [0.717, 1.165) is 19.3 Å². The van der Waals surface area contributed by atoms with E-state index in [-0.39, 0.29) is 17.9 Å². The average molecular weight is 249 g/mol. The zero-order valence-corrected chi connectivity index (χ0v) is 10.6. The molecule has 5 heteroatoms. The van der Waals surface area contributed by atoms with Crippen LogP contribution in [0.4, 0.5) is 5.69 Å². The van der Waals surface area contributed by atoms with Crippen molar-refractivity contribution in [2.45, 2.75) is 26.2 Å². The highest BCUT2D eigenvalue weighted by Gasteiger charge is 2.41. The summed E-state index contributed by atoms with van der Waals surface area (Å²) >= 11 is 0. The molecular formula is C13H19N3O2. The van der Waals surface area contributed by atoms with Gasteiger partial charge in [-0.3, -0.25) is 9.78 Å². The van der Waals surface area contributed by atoms with E-state index in [0.29, 0.717) is 23.5 Å². The minimum absolute atomic E-state index is 0.117. The minimum atomic E-state index is -0.142. The quantitative estimate of drug-likeness (QED) is 0.722. The van der Waals surface area contributed by atoms with Gasteiger partial charge in [-0.05, 0) is 37.7 Å². The van der Waals surface area contributed by atoms with E-state index in [2.05, 4.69) is 10.3 Å². The highest BCUT2D eigenvalue weighted by Crippen LogP contribution is 2.47. The van der Waals surface area contributed by atoms with Gasteiger partial charge in [0.15, 0.2) is 0 Å². The van der Waals surface area contributed by atoms with Crippen molar-refractivity contribution in [2.75, 3.05) is 18.9 Å². The summed E-state index contributed by atoms with van der Waals surface area (Å²) < 4.78 is 0. The topological polar surface area (TPSA) is 88.2 Å². The van der Waals surface area contributed by atoms with Gasteiger partial charge in [0.05, 0.1) is 23.1 Å². The second-order valence-electron chi connectivity index (χ2n) is 5.06. The molecule has 5 nitrogen and oxygen atoms in total. The molecule has 1 amide bonds. The summed E-state index contributed by atoms with van der Waals surface area (Å²) in [7, 11) is 0. The molecule has 1 aromatic rings. The third kappa shape index (κ3) is 2.79. The number of hydrogen-bond acceptors (Lipinski definition) is 4. The SMILES string of the molecule is Cc1ncc(N)cc1C(=O)NCC1(CCO)CC1. The maximum Gasteiger partial charge on any atom is 0.253 e. The molecule has 18 heavy (non-hydrogen) atoms. The van der Waals surface area contributed by atoms with Crippen LogP contribution in [0.3, 0.4) is 0 Å². The Bertz CT molecular complexity index is 456. The van der Waals surface area contributed by atoms with Gasteiger partial charge in [-0.1, -0.05) is 0 Å². The second-order valence-corrected chi connectivity index (χ2v) is 5.06. The first-order valence-electron chi connectivity index (χ1n) is 6.17. The number of aryl methyl sites for hydroxylation is 1. The number of carbonyl (C=O) groups excluding carboxylic acids is 1. The van der Waals surface area contributed by atoms with E-state index < -0.39 is 0 Å². The van der Waals surface area contributed by atoms with E-state index in [1.54, 1.807) is 19.2 Å². The third-order valence-corrected chi connectivity index (χ3v) is 3.58. The van der Waals surface area contributed by atoms with Gasteiger partial charge in [0.2, 0.25) is 0 Å². The lowest BCUT2D eigenvalue weighted by molar-refractivity contribution is 0.0940. The lowest BCUT2D eigenvalue weighted by Crippen LogP contribution is -2.31. The van der Waals surface area contributed by atoms with Crippen LogP contribution in [0.2, 0.25) is 0 Å². The second kappa shape index (κ2) is 4.94. The predicted octanol–water partition coefficient (Wildman–Crippen LogP) is 0.865. The van der Waals surface area contributed by atoms with E-state index in [4.69, 9.17) is 10.8 Å². The highest BCUT2D eigenvalue weighted by molar-refractivity contribution is 5.95. The van der Waals surface area contributed by atoms with Gasteiger partial charge in [-0.15, -0.1) is 0 Å². The Morgan fingerprint density at radius 2 is 2.33 bits per heavy atom. The smallest absolute Gasteiger partial charge is 0.253 e. The van der Waals surface area contributed by atoms with Crippen LogP contribution < -0.4 is 11.1 Å². The Kier molecular flexibility index (Phi) is 3.52. The normalized spacial score (nSPS) is 16.3. The molecule has 0 radical (unpaired) electrons. The van der Waals surface area contributed by atoms with Gasteiger partial charge in [0, 0.05) is 13.2 Å². The van der Waals surface area contributed by atoms with Crippen LogP contribution in [0.25, 0.3) is 0 Å². The molecule has 1 saturated carbocycles. The number of aliphatic hydroxyl groups is 1. The molecule has 0 spiro atoms. The molecule has 1 fully saturated rings. The van der Waals surface area contributed by atoms with Crippen molar-refractivity contribution >= 4 is 11.6 Å². The first-order valence-corrected chi connectivity index (χ1v) is 6.17. The zero-order chi connectivity index (χ0) is 13.2. The van der Waals surface area contributed by atoms with Gasteiger partial charge in [0.1, 0.15) is 0 Å². The van der Waals surface area contributed by atoms with Crippen LogP contribution in [0.15, 0.2) is 12.3 Å². The summed E-state index contributed by atoms with van der Waals surface area (Å²) in [6.07, 6.45) is 4.44. The number of nitrogens with one attached hydrogen (secondary N) is 1. The molecule has 1 aromatic heterocycles. The third-order valence-electron chi connectivity index (χ3n) is 3.58. The Labute approximate surface area is 106 Å². The van der Waals surface area contributed by atoms with Crippen molar-refractivity contribution in [3.63, 3.8) is 0 Å². The molecule has 0 atom stereocenters. The standard InChI is InChI=1S/C13H19N3O2/c1-9-11(6-10(14)7-15-9)12(18)16-8-13(2-3-13)4-5-17/h6-7,17H,2-5,8,14H2,1H3,(H,16,18). The number of nitrogens with two attached hydrogens (primary N) is 1. The summed E-state index contributed by atoms with van der Waals surface area (Å²) in [5, 5.41) is 11.9. The van der Waals surface area contributed by atoms with Gasteiger partial charge in [0.25, 0.3) is 5.91 Å². The molecular weight excluding hydrogens is 230 g/mol. The molecule has 4 N–H and O–H groups in total. The maximum absolute atomic E-state index is 12.0. The van der Waals surface area contributed by atoms with E-state index in [1.807, 2.05) is 0 Å². The van der Waals surface area contributed by atoms with Crippen molar-refractivity contribution < 1.29 is 9.90 Å². The van der Waals surface area contributed by atoms with Gasteiger partial charge in [-0.25, -0.2) is 0 Å². The molecule has 98 valence electrons. The molecule has 1 heterocycles. The highest BCUT2D eigenvalue weighted by atomic mass is 16.3. The van der Waals surface area contributed by atoms with E-state index in [1.165, 1.54) is 0 Å². The number of hydrogen-bond donors (Lipinski definition) is 3. The number of nitrogens with zero attached hydrogens (tertiary/aromatic N) is 1. The first kappa shape index (κ1) is 12.8. The van der Waals surface area contributed by atoms with Gasteiger partial charge >= 0.3 is 0 Å². The van der Waals surface area contributed by atoms with E-state index in [9.17, 15) is 4.79 Å². The number of nitrogen functional groups attached to an aromatic ring is 1. The van der Waals surface area contributed by atoms with Crippen LogP contribution in [-0.2, 0) is 0 Å². The average Bonchev–Trinajstić information content (AvgIpc) is 3.10. The van der Waals surface area contributed by atoms with Crippen molar-refractivity contribution in [3.8, 4) is 0 Å². The van der Waals surface area contributed by atoms with Crippen LogP contribution >= 0.6 is 0 Å². The number of pyridine rings is 1. The van der Waals surface area contributed by atoms with Crippen molar-refractivity contribution in [1.82, 2.24) is 10.3 Å². The lowest BCUT2D eigenvalue weighted by atomic mass is 10.0. The minimum Gasteiger partial charge on any atom is -0.397 e. The lowest BCUT2D eigenvalue weighted by Gasteiger charge is -2.15. The van der Waals surface area contributed by atoms with Crippen LogP contribution in [0.5, 0.6) is 0 Å². The van der Waals surface area contributed by atoms with E-state index >= 15 is 0 Å². The van der Waals surface area contributed by atoms with Crippen molar-refractivity contribution in [3.05, 3.63) is 23.5 Å². The molecule has 0 unspecified atom stereocenters. The Morgan fingerprint density at radius 3 is 2.94 bits per heavy atom. The number of rotatable bonds is 5. The number of aromatic nitrogens is 1. The Hall–Kier alpha value is -1.62. The van der Waals surface area contributed by atoms with Crippen LogP contribution in [0, 0.1) is 12.3 Å². The number of carbonyl (C=O) groups is 1. The first-order chi connectivity index (χ1) is 8.56. The molecule has 0 saturated heterocycles. The summed E-state index contributed by atoms with van der Waals surface area (Å²) in [5.41, 5.74) is 7.43. The molecule has 1 aliphatic carbocycles. The Morgan fingerprint density at radius 1 is 1.61 bits per heavy atom. The fraction of sp³-hybridized carbons (Fsp3) is 0.538. The molecule has 1 aliphatic rings. The fourth-order valence-corrected chi connectivity index (χ4v) is 2.07. The summed E-state index contributed by atoms with van der Waals surface area (Å²) in [6, 6.07) is 1.64. The van der Waals surface area contributed by atoms with Crippen molar-refractivity contribution in [2.24, 2.45) is 5.41 Å². The largest absolute Gasteiger partial charge is 0.397 e. The summed E-state index contributed by atoms with van der Waals surface area (Å²) in [6.45, 7) is 2.57. The Balaban J connectivity index is 1.98. The number of anilines is 1. The number of aliphatic hydroxyl groups excluding tert-OH is 1. The maximum atomic E-state index is 12.0. The van der Waals surface area contributed by atoms with Crippen LogP contribution in [-0.4, -0.2) is 29.1 Å². The zero-order valence-electron chi connectivity index (χ0n) is 10.6. The van der Waals surface area contributed by atoms with Gasteiger partial charge < -0.3 is 16.2 Å². The number of amides is 1. The summed E-state index contributed by atoms with van der Waals surface area (Å²) in [5.74, 6) is -0.142. The molecule has 0 aliphatic heterocycles. The van der Waals surface area contributed by atoms with Crippen molar-refractivity contribution in [1.29, 1.82) is 0 Å². The monoisotopic (exact) mass is 249 g/mol. The predicted molar refractivity (Wildman–Crippen MR) is 69.1 cm³/mol. The molecule has 2 rings (SSSR count). The fourth-order valence-electron chi connectivity index (χ4n) is 2.07. The summed E-state index contributed by atoms with van der Waals surface area (Å²) in [4.78, 5) is 16.1. The van der Waals surface area contributed by atoms with Crippen LogP contribution in [0.1, 0.15) is 35.3 Å². The molecule has 0 aromatic carbocycles. The van der Waals surface area contributed by atoms with Gasteiger partial charge in [-0.2, -0.15) is 0 Å². The molecule has 0 bridgehead atoms.